The Morgan fingerprint density at radius 2 is 1.42 bits per heavy atom. The second-order valence-electron chi connectivity index (χ2n) is 6.95. The zero-order valence-electron chi connectivity index (χ0n) is 15.6. The Labute approximate surface area is 156 Å². The maximum absolute atomic E-state index is 4.87. The van der Waals surface area contributed by atoms with Gasteiger partial charge in [-0.3, -0.25) is 0 Å². The number of aromatic nitrogens is 2. The van der Waals surface area contributed by atoms with Gasteiger partial charge in [0.15, 0.2) is 0 Å². The molecule has 1 aromatic heterocycles. The summed E-state index contributed by atoms with van der Waals surface area (Å²) in [6, 6.07) is 12.7. The molecule has 0 amide bonds. The predicted octanol–water partition coefficient (Wildman–Crippen LogP) is 1.95. The highest BCUT2D eigenvalue weighted by atomic mass is 15.3. The Bertz CT molecular complexity index is 690. The maximum Gasteiger partial charge on any atom is 0.227 e. The van der Waals surface area contributed by atoms with Crippen LogP contribution in [0.25, 0.3) is 0 Å². The lowest BCUT2D eigenvalue weighted by Crippen LogP contribution is -2.48. The van der Waals surface area contributed by atoms with E-state index in [0.717, 1.165) is 70.7 Å². The summed E-state index contributed by atoms with van der Waals surface area (Å²) in [5, 5.41) is 0. The molecule has 6 heteroatoms. The minimum atomic E-state index is 0.869. The smallest absolute Gasteiger partial charge is 0.227 e. The molecule has 0 aliphatic carbocycles. The summed E-state index contributed by atoms with van der Waals surface area (Å²) >= 11 is 0. The number of nitrogens with zero attached hydrogens (tertiary/aromatic N) is 6. The van der Waals surface area contributed by atoms with Gasteiger partial charge in [-0.15, -0.1) is 0 Å². The van der Waals surface area contributed by atoms with E-state index in [1.807, 2.05) is 12.3 Å². The minimum absolute atomic E-state index is 0.869. The number of rotatable bonds is 4. The second kappa shape index (κ2) is 7.91. The lowest BCUT2D eigenvalue weighted by atomic mass is 10.2. The number of hydrogen-bond donors (Lipinski definition) is 0. The van der Waals surface area contributed by atoms with Gasteiger partial charge in [-0.1, -0.05) is 25.1 Å². The fraction of sp³-hybridized carbons (Fsp3) is 0.500. The van der Waals surface area contributed by atoms with Crippen molar-refractivity contribution in [2.75, 3.05) is 73.6 Å². The van der Waals surface area contributed by atoms with Crippen LogP contribution in [-0.2, 0) is 0 Å². The molecule has 3 heterocycles. The van der Waals surface area contributed by atoms with Crippen LogP contribution in [-0.4, -0.2) is 73.8 Å². The Morgan fingerprint density at radius 1 is 0.769 bits per heavy atom. The Balaban J connectivity index is 1.38. The summed E-state index contributed by atoms with van der Waals surface area (Å²) < 4.78 is 0. The molecule has 4 rings (SSSR count). The molecule has 138 valence electrons. The topological polar surface area (TPSA) is 38.7 Å². The van der Waals surface area contributed by atoms with Crippen LogP contribution in [0, 0.1) is 0 Å². The molecule has 2 aromatic rings. The number of para-hydroxylation sites is 1. The lowest BCUT2D eigenvalue weighted by molar-refractivity contribution is 0.270. The van der Waals surface area contributed by atoms with Crippen LogP contribution >= 0.6 is 0 Å². The highest BCUT2D eigenvalue weighted by molar-refractivity contribution is 5.49. The van der Waals surface area contributed by atoms with Crippen molar-refractivity contribution in [3.05, 3.63) is 42.6 Å². The summed E-state index contributed by atoms with van der Waals surface area (Å²) in [5.41, 5.74) is 1.30. The van der Waals surface area contributed by atoms with Gasteiger partial charge in [0.25, 0.3) is 0 Å². The molecule has 6 nitrogen and oxygen atoms in total. The molecule has 0 bridgehead atoms. The largest absolute Gasteiger partial charge is 0.368 e. The number of benzene rings is 1. The van der Waals surface area contributed by atoms with Crippen molar-refractivity contribution in [3.8, 4) is 0 Å². The monoisotopic (exact) mass is 352 g/mol. The van der Waals surface area contributed by atoms with Gasteiger partial charge < -0.3 is 19.6 Å². The van der Waals surface area contributed by atoms with Crippen LogP contribution in [0.5, 0.6) is 0 Å². The summed E-state index contributed by atoms with van der Waals surface area (Å²) in [6.07, 6.45) is 1.91. The minimum Gasteiger partial charge on any atom is -0.368 e. The zero-order chi connectivity index (χ0) is 17.8. The molecule has 0 N–H and O–H groups in total. The van der Waals surface area contributed by atoms with Crippen molar-refractivity contribution in [2.45, 2.75) is 6.92 Å². The first kappa shape index (κ1) is 17.1. The Morgan fingerprint density at radius 3 is 2.12 bits per heavy atom. The molecular weight excluding hydrogens is 324 g/mol. The number of likely N-dealkylation sites (N-methyl/N-ethyl adjacent to an activating group) is 1. The van der Waals surface area contributed by atoms with Crippen molar-refractivity contribution in [2.24, 2.45) is 0 Å². The fourth-order valence-corrected chi connectivity index (χ4v) is 3.76. The van der Waals surface area contributed by atoms with Gasteiger partial charge in [-0.05, 0) is 24.7 Å². The van der Waals surface area contributed by atoms with E-state index in [4.69, 9.17) is 4.98 Å². The van der Waals surface area contributed by atoms with Gasteiger partial charge in [0, 0.05) is 64.2 Å². The van der Waals surface area contributed by atoms with E-state index in [1.165, 1.54) is 5.69 Å². The average molecular weight is 352 g/mol. The van der Waals surface area contributed by atoms with Gasteiger partial charge in [-0.25, -0.2) is 4.98 Å². The van der Waals surface area contributed by atoms with Gasteiger partial charge in [0.2, 0.25) is 5.95 Å². The fourth-order valence-electron chi connectivity index (χ4n) is 3.76. The zero-order valence-corrected chi connectivity index (χ0v) is 15.6. The molecule has 0 atom stereocenters. The third-order valence-electron chi connectivity index (χ3n) is 5.46. The van der Waals surface area contributed by atoms with Crippen molar-refractivity contribution < 1.29 is 0 Å². The Hall–Kier alpha value is -2.34. The molecular formula is C20H28N6. The molecule has 0 spiro atoms. The quantitative estimate of drug-likeness (QED) is 0.837. The molecule has 1 aromatic carbocycles. The first-order valence-electron chi connectivity index (χ1n) is 9.69. The first-order valence-corrected chi connectivity index (χ1v) is 9.69. The predicted molar refractivity (Wildman–Crippen MR) is 107 cm³/mol. The summed E-state index contributed by atoms with van der Waals surface area (Å²) in [5.74, 6) is 1.93. The first-order chi connectivity index (χ1) is 12.8. The normalized spacial score (nSPS) is 19.0. The summed E-state index contributed by atoms with van der Waals surface area (Å²) in [6.45, 7) is 11.6. The van der Waals surface area contributed by atoms with Crippen LogP contribution in [0.1, 0.15) is 6.92 Å². The van der Waals surface area contributed by atoms with E-state index in [2.05, 4.69) is 61.8 Å². The third kappa shape index (κ3) is 3.75. The average Bonchev–Trinajstić information content (AvgIpc) is 2.75. The van der Waals surface area contributed by atoms with Crippen molar-refractivity contribution >= 4 is 17.5 Å². The van der Waals surface area contributed by atoms with E-state index in [-0.39, 0.29) is 0 Å². The summed E-state index contributed by atoms with van der Waals surface area (Å²) in [7, 11) is 0. The van der Waals surface area contributed by atoms with Crippen LogP contribution in [0.2, 0.25) is 0 Å². The lowest BCUT2D eigenvalue weighted by Gasteiger charge is -2.37. The van der Waals surface area contributed by atoms with Crippen LogP contribution in [0.4, 0.5) is 17.5 Å². The molecule has 26 heavy (non-hydrogen) atoms. The molecule has 2 aliphatic rings. The van der Waals surface area contributed by atoms with Gasteiger partial charge in [0.05, 0.1) is 0 Å². The Kier molecular flexibility index (Phi) is 5.20. The third-order valence-corrected chi connectivity index (χ3v) is 5.46. The number of hydrogen-bond acceptors (Lipinski definition) is 6. The van der Waals surface area contributed by atoms with E-state index < -0.39 is 0 Å². The molecule has 2 saturated heterocycles. The highest BCUT2D eigenvalue weighted by Gasteiger charge is 2.21. The van der Waals surface area contributed by atoms with E-state index in [9.17, 15) is 0 Å². The van der Waals surface area contributed by atoms with E-state index >= 15 is 0 Å². The standard InChI is InChI=1S/C20H28N6/c1-2-23-10-12-25(13-11-23)19-8-9-21-20(22-19)26-16-14-24(15-17-26)18-6-4-3-5-7-18/h3-9H,2,10-17H2,1H3. The van der Waals surface area contributed by atoms with Crippen LogP contribution in [0.3, 0.4) is 0 Å². The van der Waals surface area contributed by atoms with E-state index in [0.29, 0.717) is 0 Å². The molecule has 0 saturated carbocycles. The molecule has 2 aliphatic heterocycles. The SMILES string of the molecule is CCN1CCN(c2ccnc(N3CCN(c4ccccc4)CC3)n2)CC1. The second-order valence-corrected chi connectivity index (χ2v) is 6.95. The van der Waals surface area contributed by atoms with Crippen LogP contribution in [0.15, 0.2) is 42.6 Å². The highest BCUT2D eigenvalue weighted by Crippen LogP contribution is 2.20. The van der Waals surface area contributed by atoms with Gasteiger partial charge >= 0.3 is 0 Å². The van der Waals surface area contributed by atoms with Crippen molar-refractivity contribution in [1.29, 1.82) is 0 Å². The van der Waals surface area contributed by atoms with E-state index in [1.54, 1.807) is 0 Å². The molecule has 0 unspecified atom stereocenters. The van der Waals surface area contributed by atoms with Crippen LogP contribution < -0.4 is 14.7 Å². The maximum atomic E-state index is 4.87. The molecule has 2 fully saturated rings. The van der Waals surface area contributed by atoms with Crippen molar-refractivity contribution in [1.82, 2.24) is 14.9 Å². The van der Waals surface area contributed by atoms with Gasteiger partial charge in [-0.2, -0.15) is 4.98 Å². The molecule has 0 radical (unpaired) electrons. The van der Waals surface area contributed by atoms with Gasteiger partial charge in [0.1, 0.15) is 5.82 Å². The van der Waals surface area contributed by atoms with Crippen molar-refractivity contribution in [3.63, 3.8) is 0 Å². The number of anilines is 3. The summed E-state index contributed by atoms with van der Waals surface area (Å²) in [4.78, 5) is 19.0. The number of piperazine rings is 2.